The first-order valence-electron chi connectivity index (χ1n) is 23.8. The van der Waals surface area contributed by atoms with Gasteiger partial charge in [0.25, 0.3) is 0 Å². The molecular weight excluding hydrogens is 835 g/mol. The molecule has 0 aliphatic heterocycles. The Kier molecular flexibility index (Phi) is 9.52. The number of benzene rings is 10. The molecule has 0 bridgehead atoms. The Balaban J connectivity index is 0.917. The van der Waals surface area contributed by atoms with Gasteiger partial charge in [0, 0.05) is 50.2 Å². The minimum Gasteiger partial charge on any atom is -0.309 e. The number of fused-ring (bicyclic) bond motifs is 7. The highest BCUT2D eigenvalue weighted by Gasteiger charge is 2.35. The van der Waals surface area contributed by atoms with E-state index in [4.69, 9.17) is 4.98 Å². The van der Waals surface area contributed by atoms with Gasteiger partial charge in [-0.1, -0.05) is 184 Å². The smallest absolute Gasteiger partial charge is 0.0723 e. The highest BCUT2D eigenvalue weighted by atomic mass is 15.1. The molecule has 13 rings (SSSR count). The molecule has 2 aromatic heterocycles. The summed E-state index contributed by atoms with van der Waals surface area (Å²) in [6.45, 7) is 4.68. The van der Waals surface area contributed by atoms with Crippen molar-refractivity contribution in [3.63, 3.8) is 0 Å². The fraction of sp³-hybridized carbons (Fsp3) is 0.0455. The molecule has 0 radical (unpaired) electrons. The van der Waals surface area contributed by atoms with Crippen LogP contribution in [0.5, 0.6) is 0 Å². The molecule has 326 valence electrons. The normalized spacial score (nSPS) is 12.6. The van der Waals surface area contributed by atoms with E-state index >= 15 is 0 Å². The van der Waals surface area contributed by atoms with Crippen LogP contribution in [0.4, 0.5) is 17.1 Å². The number of hydrogen-bond acceptors (Lipinski definition) is 2. The molecule has 12 aromatic rings. The minimum atomic E-state index is -0.0795. The Morgan fingerprint density at radius 1 is 0.362 bits per heavy atom. The average molecular weight is 882 g/mol. The lowest BCUT2D eigenvalue weighted by atomic mass is 9.82. The fourth-order valence-corrected chi connectivity index (χ4v) is 11.0. The molecule has 0 saturated carbocycles. The largest absolute Gasteiger partial charge is 0.309 e. The molecule has 0 unspecified atom stereocenters. The van der Waals surface area contributed by atoms with E-state index in [1.165, 1.54) is 77.4 Å². The number of hydrogen-bond donors (Lipinski definition) is 0. The Labute approximate surface area is 402 Å². The lowest BCUT2D eigenvalue weighted by molar-refractivity contribution is 0.660. The van der Waals surface area contributed by atoms with Crippen LogP contribution < -0.4 is 4.90 Å². The SMILES string of the molecule is CC1(C)c2ccccc2-c2cc(N(c3cccc(-c4cccc(-c5ccc6c(c5)c5ccccc5n6-c5cc(-c6ccccc6)cc(-c6ccccc6)c5)c4)c3)c3cncc4ccccc34)ccc21. The lowest BCUT2D eigenvalue weighted by Gasteiger charge is -2.28. The zero-order valence-corrected chi connectivity index (χ0v) is 38.5. The molecule has 10 aromatic carbocycles. The zero-order chi connectivity index (χ0) is 46.1. The molecule has 0 spiro atoms. The maximum absolute atomic E-state index is 4.79. The number of pyridine rings is 1. The van der Waals surface area contributed by atoms with Gasteiger partial charge in [0.1, 0.15) is 0 Å². The van der Waals surface area contributed by atoms with E-state index in [0.29, 0.717) is 0 Å². The molecule has 1 aliphatic rings. The molecule has 69 heavy (non-hydrogen) atoms. The van der Waals surface area contributed by atoms with Gasteiger partial charge in [-0.25, -0.2) is 0 Å². The van der Waals surface area contributed by atoms with Crippen molar-refractivity contribution in [2.45, 2.75) is 19.3 Å². The van der Waals surface area contributed by atoms with E-state index in [1.54, 1.807) is 0 Å². The van der Waals surface area contributed by atoms with Gasteiger partial charge in [-0.3, -0.25) is 4.98 Å². The van der Waals surface area contributed by atoms with Crippen molar-refractivity contribution in [2.75, 3.05) is 4.90 Å². The van der Waals surface area contributed by atoms with E-state index in [-0.39, 0.29) is 5.41 Å². The van der Waals surface area contributed by atoms with Gasteiger partial charge in [-0.05, 0) is 133 Å². The van der Waals surface area contributed by atoms with E-state index in [0.717, 1.165) is 44.6 Å². The number of anilines is 3. The summed E-state index contributed by atoms with van der Waals surface area (Å²) in [6, 6.07) is 86.6. The molecular formula is C66H47N3. The third-order valence-electron chi connectivity index (χ3n) is 14.4. The zero-order valence-electron chi connectivity index (χ0n) is 38.5. The number of aromatic nitrogens is 2. The van der Waals surface area contributed by atoms with Gasteiger partial charge in [0.15, 0.2) is 0 Å². The van der Waals surface area contributed by atoms with Crippen molar-refractivity contribution in [3.05, 3.63) is 260 Å². The molecule has 3 nitrogen and oxygen atoms in total. The predicted molar refractivity (Wildman–Crippen MR) is 290 cm³/mol. The number of para-hydroxylation sites is 1. The summed E-state index contributed by atoms with van der Waals surface area (Å²) in [5.41, 5.74) is 21.4. The number of nitrogens with zero attached hydrogens (tertiary/aromatic N) is 3. The van der Waals surface area contributed by atoms with Gasteiger partial charge in [0.2, 0.25) is 0 Å². The van der Waals surface area contributed by atoms with Crippen molar-refractivity contribution >= 4 is 49.6 Å². The Morgan fingerprint density at radius 2 is 0.928 bits per heavy atom. The first-order chi connectivity index (χ1) is 34.0. The van der Waals surface area contributed by atoms with Gasteiger partial charge >= 0.3 is 0 Å². The summed E-state index contributed by atoms with van der Waals surface area (Å²) in [5, 5.41) is 4.71. The standard InChI is InChI=1S/C66H47N3/c1-66(2)61-29-13-11-27-57(61)59-41-54(32-33-62(59)66)68(65-43-67-42-50-21-9-10-26-56(50)65)53-25-16-24-48(37-53)46-22-15-23-47(35-46)49-31-34-64-60(40-49)58-28-12-14-30-63(58)69(64)55-38-51(44-17-5-3-6-18-44)36-52(39-55)45-19-7-4-8-20-45/h3-43H,1-2H3. The minimum absolute atomic E-state index is 0.0795. The van der Waals surface area contributed by atoms with Crippen molar-refractivity contribution in [1.82, 2.24) is 9.55 Å². The van der Waals surface area contributed by atoms with Gasteiger partial charge < -0.3 is 9.47 Å². The summed E-state index contributed by atoms with van der Waals surface area (Å²) < 4.78 is 2.44. The molecule has 0 saturated heterocycles. The fourth-order valence-electron chi connectivity index (χ4n) is 11.0. The van der Waals surface area contributed by atoms with Crippen molar-refractivity contribution in [2.24, 2.45) is 0 Å². The quantitative estimate of drug-likeness (QED) is 0.152. The second-order valence-electron chi connectivity index (χ2n) is 18.8. The van der Waals surface area contributed by atoms with Crippen LogP contribution in [-0.2, 0) is 5.41 Å². The van der Waals surface area contributed by atoms with Gasteiger partial charge in [-0.2, -0.15) is 0 Å². The van der Waals surface area contributed by atoms with Crippen LogP contribution in [0.2, 0.25) is 0 Å². The highest BCUT2D eigenvalue weighted by molar-refractivity contribution is 6.11. The Morgan fingerprint density at radius 3 is 1.70 bits per heavy atom. The lowest BCUT2D eigenvalue weighted by Crippen LogP contribution is -2.15. The summed E-state index contributed by atoms with van der Waals surface area (Å²) in [5.74, 6) is 0. The Hall–Kier alpha value is -8.79. The maximum Gasteiger partial charge on any atom is 0.0723 e. The molecule has 3 heteroatoms. The van der Waals surface area contributed by atoms with Crippen molar-refractivity contribution in [3.8, 4) is 61.3 Å². The second kappa shape index (κ2) is 16.2. The third-order valence-corrected chi connectivity index (χ3v) is 14.4. The summed E-state index contributed by atoms with van der Waals surface area (Å²) in [7, 11) is 0. The van der Waals surface area contributed by atoms with Crippen LogP contribution in [0, 0.1) is 0 Å². The molecule has 0 amide bonds. The monoisotopic (exact) mass is 881 g/mol. The van der Waals surface area contributed by atoms with Gasteiger partial charge in [0.05, 0.1) is 22.9 Å². The highest BCUT2D eigenvalue weighted by Crippen LogP contribution is 2.51. The molecule has 1 aliphatic carbocycles. The van der Waals surface area contributed by atoms with Crippen LogP contribution in [-0.4, -0.2) is 9.55 Å². The van der Waals surface area contributed by atoms with E-state index in [1.807, 2.05) is 12.4 Å². The van der Waals surface area contributed by atoms with E-state index in [2.05, 4.69) is 260 Å². The van der Waals surface area contributed by atoms with Crippen LogP contribution in [0.3, 0.4) is 0 Å². The van der Waals surface area contributed by atoms with Crippen molar-refractivity contribution < 1.29 is 0 Å². The summed E-state index contributed by atoms with van der Waals surface area (Å²) in [6.07, 6.45) is 3.97. The molecule has 2 heterocycles. The van der Waals surface area contributed by atoms with E-state index in [9.17, 15) is 0 Å². The number of rotatable bonds is 8. The average Bonchev–Trinajstić information content (AvgIpc) is 3.86. The second-order valence-corrected chi connectivity index (χ2v) is 18.8. The topological polar surface area (TPSA) is 21.1 Å². The predicted octanol–water partition coefficient (Wildman–Crippen LogP) is 17.8. The van der Waals surface area contributed by atoms with Crippen molar-refractivity contribution in [1.29, 1.82) is 0 Å². The first kappa shape index (κ1) is 40.5. The first-order valence-corrected chi connectivity index (χ1v) is 23.8. The maximum atomic E-state index is 4.79. The summed E-state index contributed by atoms with van der Waals surface area (Å²) in [4.78, 5) is 7.18. The van der Waals surface area contributed by atoms with Crippen LogP contribution >= 0.6 is 0 Å². The van der Waals surface area contributed by atoms with Crippen LogP contribution in [0.15, 0.2) is 249 Å². The molecule has 0 N–H and O–H groups in total. The van der Waals surface area contributed by atoms with Crippen LogP contribution in [0.25, 0.3) is 93.9 Å². The Bertz CT molecular complexity index is 3870. The molecule has 0 atom stereocenters. The third kappa shape index (κ3) is 6.85. The molecule has 0 fully saturated rings. The van der Waals surface area contributed by atoms with Gasteiger partial charge in [-0.15, -0.1) is 0 Å². The van der Waals surface area contributed by atoms with Crippen LogP contribution in [0.1, 0.15) is 25.0 Å². The van der Waals surface area contributed by atoms with E-state index < -0.39 is 0 Å². The summed E-state index contributed by atoms with van der Waals surface area (Å²) >= 11 is 0.